The summed E-state index contributed by atoms with van der Waals surface area (Å²) in [5.74, 6) is -0.896. The van der Waals surface area contributed by atoms with E-state index in [1.165, 1.54) is 6.07 Å². The van der Waals surface area contributed by atoms with E-state index < -0.39 is 17.2 Å². The van der Waals surface area contributed by atoms with Crippen LogP contribution in [-0.4, -0.2) is 17.7 Å². The van der Waals surface area contributed by atoms with Gasteiger partial charge in [0.25, 0.3) is 0 Å². The second kappa shape index (κ2) is 5.44. The first-order chi connectivity index (χ1) is 9.02. The van der Waals surface area contributed by atoms with E-state index in [1.807, 2.05) is 6.92 Å². The van der Waals surface area contributed by atoms with Crippen molar-refractivity contribution in [3.05, 3.63) is 38.7 Å². The van der Waals surface area contributed by atoms with Crippen LogP contribution in [0.25, 0.3) is 11.0 Å². The number of aromatic carboxylic acids is 1. The molecular weight excluding hydrogens is 316 g/mol. The van der Waals surface area contributed by atoms with Crippen LogP contribution in [0.3, 0.4) is 0 Å². The lowest BCUT2D eigenvalue weighted by atomic mass is 10.2. The van der Waals surface area contributed by atoms with Gasteiger partial charge < -0.3 is 14.3 Å². The Morgan fingerprint density at radius 1 is 1.42 bits per heavy atom. The molecule has 0 unspecified atom stereocenters. The number of carbonyl (C=O) groups is 1. The van der Waals surface area contributed by atoms with Crippen molar-refractivity contribution >= 4 is 32.9 Å². The summed E-state index contributed by atoms with van der Waals surface area (Å²) < 4.78 is 11.3. The molecule has 2 rings (SSSR count). The van der Waals surface area contributed by atoms with Crippen LogP contribution in [0.1, 0.15) is 23.7 Å². The Balaban J connectivity index is 2.68. The fraction of sp³-hybridized carbons (Fsp3) is 0.231. The molecule has 5 nitrogen and oxygen atoms in total. The van der Waals surface area contributed by atoms with Gasteiger partial charge in [0.2, 0.25) is 0 Å². The van der Waals surface area contributed by atoms with E-state index in [1.54, 1.807) is 12.1 Å². The van der Waals surface area contributed by atoms with Gasteiger partial charge in [-0.05, 0) is 24.6 Å². The number of carboxylic acid groups (broad SMARTS) is 1. The summed E-state index contributed by atoms with van der Waals surface area (Å²) >= 11 is 3.31. The molecule has 0 radical (unpaired) electrons. The lowest BCUT2D eigenvalue weighted by molar-refractivity contribution is 0.0692. The highest BCUT2D eigenvalue weighted by Gasteiger charge is 2.15. The number of fused-ring (bicyclic) bond motifs is 1. The summed E-state index contributed by atoms with van der Waals surface area (Å²) in [5, 5.41) is 9.40. The molecule has 100 valence electrons. The highest BCUT2D eigenvalue weighted by molar-refractivity contribution is 9.10. The third kappa shape index (κ3) is 2.78. The minimum absolute atomic E-state index is 0.256. The maximum Gasteiger partial charge on any atom is 0.351 e. The van der Waals surface area contributed by atoms with E-state index in [9.17, 15) is 9.59 Å². The van der Waals surface area contributed by atoms with Gasteiger partial charge in [-0.15, -0.1) is 0 Å². The normalized spacial score (nSPS) is 10.6. The highest BCUT2D eigenvalue weighted by Crippen LogP contribution is 2.30. The minimum Gasteiger partial charge on any atom is -0.490 e. The van der Waals surface area contributed by atoms with Gasteiger partial charge in [0.1, 0.15) is 5.56 Å². The fourth-order valence-electron chi connectivity index (χ4n) is 1.64. The Morgan fingerprint density at radius 2 is 2.16 bits per heavy atom. The van der Waals surface area contributed by atoms with E-state index in [4.69, 9.17) is 14.3 Å². The standard InChI is InChI=1S/C13H11BrO5/c1-2-3-18-10-6-8(14)4-7-5-9(12(15)16)13(17)19-11(7)10/h4-6H,2-3H2,1H3,(H,15,16). The zero-order valence-electron chi connectivity index (χ0n) is 10.1. The van der Waals surface area contributed by atoms with E-state index >= 15 is 0 Å². The van der Waals surface area contributed by atoms with Crippen LogP contribution >= 0.6 is 15.9 Å². The summed E-state index contributed by atoms with van der Waals surface area (Å²) in [5.41, 5.74) is -1.03. The SMILES string of the molecule is CCCOc1cc(Br)cc2cc(C(=O)O)c(=O)oc12. The number of rotatable bonds is 4. The van der Waals surface area contributed by atoms with Crippen molar-refractivity contribution in [3.63, 3.8) is 0 Å². The van der Waals surface area contributed by atoms with Crippen molar-refractivity contribution in [2.75, 3.05) is 6.61 Å². The van der Waals surface area contributed by atoms with Gasteiger partial charge in [-0.25, -0.2) is 9.59 Å². The molecule has 0 saturated carbocycles. The Hall–Kier alpha value is -1.82. The van der Waals surface area contributed by atoms with Crippen LogP contribution in [0.4, 0.5) is 0 Å². The summed E-state index contributed by atoms with van der Waals surface area (Å²) in [7, 11) is 0. The lowest BCUT2D eigenvalue weighted by Crippen LogP contribution is -2.13. The molecule has 0 atom stereocenters. The van der Waals surface area contributed by atoms with Crippen LogP contribution < -0.4 is 10.4 Å². The van der Waals surface area contributed by atoms with Gasteiger partial charge in [0, 0.05) is 9.86 Å². The number of hydrogen-bond acceptors (Lipinski definition) is 4. The fourth-order valence-corrected chi connectivity index (χ4v) is 2.09. The quantitative estimate of drug-likeness (QED) is 0.874. The predicted molar refractivity (Wildman–Crippen MR) is 72.9 cm³/mol. The molecule has 1 N–H and O–H groups in total. The molecule has 1 aromatic carbocycles. The van der Waals surface area contributed by atoms with E-state index in [0.717, 1.165) is 10.9 Å². The van der Waals surface area contributed by atoms with E-state index in [0.29, 0.717) is 17.7 Å². The monoisotopic (exact) mass is 326 g/mol. The molecule has 1 heterocycles. The number of halogens is 1. The molecular formula is C13H11BrO5. The van der Waals surface area contributed by atoms with Crippen molar-refractivity contribution in [2.24, 2.45) is 0 Å². The molecule has 19 heavy (non-hydrogen) atoms. The molecule has 6 heteroatoms. The van der Waals surface area contributed by atoms with Gasteiger partial charge in [-0.3, -0.25) is 0 Å². The van der Waals surface area contributed by atoms with Crippen molar-refractivity contribution in [1.29, 1.82) is 0 Å². The topological polar surface area (TPSA) is 76.7 Å². The maximum absolute atomic E-state index is 11.6. The van der Waals surface area contributed by atoms with Gasteiger partial charge >= 0.3 is 11.6 Å². The smallest absolute Gasteiger partial charge is 0.351 e. The van der Waals surface area contributed by atoms with Gasteiger partial charge in [0.15, 0.2) is 11.3 Å². The van der Waals surface area contributed by atoms with Crippen LogP contribution in [0.5, 0.6) is 5.75 Å². The Bertz CT molecular complexity index is 689. The van der Waals surface area contributed by atoms with Crippen LogP contribution in [-0.2, 0) is 0 Å². The third-order valence-electron chi connectivity index (χ3n) is 2.45. The van der Waals surface area contributed by atoms with Crippen LogP contribution in [0, 0.1) is 0 Å². The average Bonchev–Trinajstić information content (AvgIpc) is 2.35. The predicted octanol–water partition coefficient (Wildman–Crippen LogP) is 3.04. The Kier molecular flexibility index (Phi) is 3.90. The highest BCUT2D eigenvalue weighted by atomic mass is 79.9. The maximum atomic E-state index is 11.6. The molecule has 0 aliphatic rings. The molecule has 0 aliphatic heterocycles. The van der Waals surface area contributed by atoms with Gasteiger partial charge in [0.05, 0.1) is 6.61 Å². The number of carboxylic acids is 1. The number of hydrogen-bond donors (Lipinski definition) is 1. The molecule has 0 fully saturated rings. The van der Waals surface area contributed by atoms with Crippen molar-refractivity contribution < 1.29 is 19.1 Å². The van der Waals surface area contributed by atoms with Crippen molar-refractivity contribution in [1.82, 2.24) is 0 Å². The van der Waals surface area contributed by atoms with Gasteiger partial charge in [-0.1, -0.05) is 22.9 Å². The molecule has 0 bridgehead atoms. The minimum atomic E-state index is -1.31. The molecule has 0 amide bonds. The summed E-state index contributed by atoms with van der Waals surface area (Å²) in [6.45, 7) is 2.44. The van der Waals surface area contributed by atoms with E-state index in [2.05, 4.69) is 15.9 Å². The first-order valence-corrected chi connectivity index (χ1v) is 6.45. The second-order valence-electron chi connectivity index (χ2n) is 3.92. The lowest BCUT2D eigenvalue weighted by Gasteiger charge is -2.08. The number of benzene rings is 1. The zero-order valence-corrected chi connectivity index (χ0v) is 11.7. The second-order valence-corrected chi connectivity index (χ2v) is 4.84. The summed E-state index contributed by atoms with van der Waals surface area (Å²) in [4.78, 5) is 22.5. The zero-order chi connectivity index (χ0) is 14.0. The van der Waals surface area contributed by atoms with Crippen molar-refractivity contribution in [2.45, 2.75) is 13.3 Å². The van der Waals surface area contributed by atoms with Gasteiger partial charge in [-0.2, -0.15) is 0 Å². The largest absolute Gasteiger partial charge is 0.490 e. The summed E-state index contributed by atoms with van der Waals surface area (Å²) in [6.07, 6.45) is 0.811. The molecule has 2 aromatic rings. The Labute approximate surface area is 116 Å². The molecule has 0 saturated heterocycles. The molecule has 0 spiro atoms. The summed E-state index contributed by atoms with van der Waals surface area (Å²) in [6, 6.07) is 4.64. The van der Waals surface area contributed by atoms with Crippen LogP contribution in [0.2, 0.25) is 0 Å². The number of ether oxygens (including phenoxy) is 1. The molecule has 1 aromatic heterocycles. The first-order valence-electron chi connectivity index (χ1n) is 5.66. The third-order valence-corrected chi connectivity index (χ3v) is 2.91. The molecule has 0 aliphatic carbocycles. The van der Waals surface area contributed by atoms with Crippen LogP contribution in [0.15, 0.2) is 31.9 Å². The van der Waals surface area contributed by atoms with E-state index in [-0.39, 0.29) is 5.58 Å². The first kappa shape index (κ1) is 13.6. The Morgan fingerprint density at radius 3 is 2.79 bits per heavy atom. The van der Waals surface area contributed by atoms with Crippen molar-refractivity contribution in [3.8, 4) is 5.75 Å². The average molecular weight is 327 g/mol.